The van der Waals surface area contributed by atoms with Gasteiger partial charge in [-0.25, -0.2) is 0 Å². The van der Waals surface area contributed by atoms with Gasteiger partial charge in [0.15, 0.2) is 11.5 Å². The van der Waals surface area contributed by atoms with Crippen LogP contribution in [0.3, 0.4) is 0 Å². The summed E-state index contributed by atoms with van der Waals surface area (Å²) in [5, 5.41) is -0.235. The minimum Gasteiger partial charge on any atom is -0.454 e. The highest BCUT2D eigenvalue weighted by atomic mass is 79.9. The normalized spacial score (nSPS) is 18.9. The summed E-state index contributed by atoms with van der Waals surface area (Å²) in [6.07, 6.45) is 4.04. The lowest BCUT2D eigenvalue weighted by Crippen LogP contribution is -2.31. The Bertz CT molecular complexity index is 847. The molecule has 1 aromatic carbocycles. The van der Waals surface area contributed by atoms with Crippen LogP contribution >= 0.6 is 39.9 Å². The van der Waals surface area contributed by atoms with Crippen molar-refractivity contribution < 1.29 is 14.3 Å². The van der Waals surface area contributed by atoms with Crippen molar-refractivity contribution in [2.45, 2.75) is 18.2 Å². The number of pyridine rings is 1. The third-order valence-corrected chi connectivity index (χ3v) is 6.34. The molecule has 2 aromatic rings. The van der Waals surface area contributed by atoms with Crippen LogP contribution in [-0.2, 0) is 17.8 Å². The molecule has 0 bridgehead atoms. The van der Waals surface area contributed by atoms with E-state index < -0.39 is 0 Å². The molecule has 0 radical (unpaired) electrons. The molecule has 8 heteroatoms. The second-order valence-electron chi connectivity index (χ2n) is 5.66. The minimum absolute atomic E-state index is 0.0309. The van der Waals surface area contributed by atoms with Crippen molar-refractivity contribution in [1.29, 1.82) is 0 Å². The molecule has 0 unspecified atom stereocenters. The topological polar surface area (TPSA) is 51.7 Å². The van der Waals surface area contributed by atoms with Crippen LogP contribution in [0.4, 0.5) is 0 Å². The van der Waals surface area contributed by atoms with Gasteiger partial charge in [0.25, 0.3) is 0 Å². The molecule has 2 aliphatic heterocycles. The van der Waals surface area contributed by atoms with Crippen LogP contribution in [0.25, 0.3) is 0 Å². The van der Waals surface area contributed by atoms with Gasteiger partial charge >= 0.3 is 0 Å². The van der Waals surface area contributed by atoms with Crippen molar-refractivity contribution in [1.82, 2.24) is 9.88 Å². The van der Waals surface area contributed by atoms with Gasteiger partial charge in [-0.3, -0.25) is 14.7 Å². The first-order valence-corrected chi connectivity index (χ1v) is 9.69. The average molecular weight is 437 g/mol. The Kier molecular flexibility index (Phi) is 4.66. The third-order valence-electron chi connectivity index (χ3n) is 4.02. The summed E-state index contributed by atoms with van der Waals surface area (Å²) in [7, 11) is 0. The van der Waals surface area contributed by atoms with Gasteiger partial charge in [0.2, 0.25) is 12.7 Å². The van der Waals surface area contributed by atoms with Crippen LogP contribution in [0.1, 0.15) is 11.1 Å². The molecule has 0 saturated carbocycles. The minimum atomic E-state index is -0.235. The van der Waals surface area contributed by atoms with Crippen molar-refractivity contribution in [2.24, 2.45) is 0 Å². The fourth-order valence-corrected chi connectivity index (χ4v) is 4.76. The number of halogens is 1. The van der Waals surface area contributed by atoms with Gasteiger partial charge in [-0.05, 0) is 35.7 Å². The van der Waals surface area contributed by atoms with E-state index in [-0.39, 0.29) is 18.0 Å². The number of hydrogen-bond acceptors (Lipinski definition) is 6. The molecule has 4 rings (SSSR count). The van der Waals surface area contributed by atoms with Gasteiger partial charge in [0, 0.05) is 16.9 Å². The Hall–Kier alpha value is -1.64. The zero-order chi connectivity index (χ0) is 17.4. The van der Waals surface area contributed by atoms with E-state index in [1.54, 1.807) is 17.3 Å². The number of carbonyl (C=O) groups excluding carboxylic acids is 1. The van der Waals surface area contributed by atoms with Crippen molar-refractivity contribution in [3.8, 4) is 11.5 Å². The summed E-state index contributed by atoms with van der Waals surface area (Å²) in [6, 6.07) is 7.60. The highest BCUT2D eigenvalue weighted by Gasteiger charge is 2.37. The first-order valence-electron chi connectivity index (χ1n) is 7.61. The van der Waals surface area contributed by atoms with Crippen LogP contribution in [0.2, 0.25) is 0 Å². The summed E-state index contributed by atoms with van der Waals surface area (Å²) < 4.78 is 12.3. The van der Waals surface area contributed by atoms with Gasteiger partial charge in [-0.15, -0.1) is 0 Å². The molecule has 2 aliphatic rings. The molecule has 1 fully saturated rings. The van der Waals surface area contributed by atoms with Gasteiger partial charge < -0.3 is 9.47 Å². The largest absolute Gasteiger partial charge is 0.454 e. The van der Waals surface area contributed by atoms with E-state index in [0.29, 0.717) is 23.0 Å². The molecule has 5 nitrogen and oxygen atoms in total. The van der Waals surface area contributed by atoms with E-state index in [1.807, 2.05) is 24.3 Å². The van der Waals surface area contributed by atoms with E-state index in [9.17, 15) is 4.79 Å². The number of thioether (sulfide) groups is 1. The van der Waals surface area contributed by atoms with Crippen molar-refractivity contribution in [3.63, 3.8) is 0 Å². The molecule has 0 spiro atoms. The number of carbonyl (C=O) groups is 1. The molecule has 0 N–H and O–H groups in total. The lowest BCUT2D eigenvalue weighted by molar-refractivity contribution is -0.126. The molecule has 0 aliphatic carbocycles. The van der Waals surface area contributed by atoms with Gasteiger partial charge in [-0.1, -0.05) is 46.0 Å². The van der Waals surface area contributed by atoms with E-state index in [1.165, 1.54) is 11.8 Å². The maximum absolute atomic E-state index is 12.8. The molecule has 25 heavy (non-hydrogen) atoms. The SMILES string of the molecule is O=C1[C@H](Cc2cc3c(cc2Br)OCO3)SC(=S)N1Cc1cccnc1. The predicted octanol–water partition coefficient (Wildman–Crippen LogP) is 3.54. The number of aromatic nitrogens is 1. The monoisotopic (exact) mass is 436 g/mol. The lowest BCUT2D eigenvalue weighted by Gasteiger charge is -2.15. The van der Waals surface area contributed by atoms with E-state index >= 15 is 0 Å². The quantitative estimate of drug-likeness (QED) is 0.683. The Morgan fingerprint density at radius 3 is 2.92 bits per heavy atom. The Balaban J connectivity index is 1.51. The summed E-state index contributed by atoms with van der Waals surface area (Å²) in [6.45, 7) is 0.683. The van der Waals surface area contributed by atoms with Crippen LogP contribution in [-0.4, -0.2) is 32.2 Å². The van der Waals surface area contributed by atoms with Crippen LogP contribution in [0.5, 0.6) is 11.5 Å². The molecule has 128 valence electrons. The zero-order valence-electron chi connectivity index (χ0n) is 13.0. The molecule has 1 atom stereocenters. The van der Waals surface area contributed by atoms with E-state index in [4.69, 9.17) is 21.7 Å². The molecule has 1 saturated heterocycles. The van der Waals surface area contributed by atoms with Gasteiger partial charge in [-0.2, -0.15) is 0 Å². The number of hydrogen-bond donors (Lipinski definition) is 0. The van der Waals surface area contributed by atoms with Gasteiger partial charge in [0.1, 0.15) is 4.32 Å². The summed E-state index contributed by atoms with van der Waals surface area (Å²) in [5.41, 5.74) is 1.96. The second-order valence-corrected chi connectivity index (χ2v) is 8.35. The number of amides is 1. The fraction of sp³-hybridized carbons (Fsp3) is 0.235. The molecule has 1 amide bonds. The molecule has 1 aromatic heterocycles. The van der Waals surface area contributed by atoms with Crippen molar-refractivity contribution in [2.75, 3.05) is 6.79 Å². The number of rotatable bonds is 4. The van der Waals surface area contributed by atoms with Crippen molar-refractivity contribution >= 4 is 50.1 Å². The number of nitrogens with zero attached hydrogens (tertiary/aromatic N) is 2. The first-order chi connectivity index (χ1) is 12.1. The zero-order valence-corrected chi connectivity index (χ0v) is 16.2. The molecular formula is C17H13BrN2O3S2. The van der Waals surface area contributed by atoms with Crippen LogP contribution in [0.15, 0.2) is 41.1 Å². The lowest BCUT2D eigenvalue weighted by atomic mass is 10.1. The summed E-state index contributed by atoms with van der Waals surface area (Å²) >= 11 is 10.4. The highest BCUT2D eigenvalue weighted by Crippen LogP contribution is 2.39. The maximum Gasteiger partial charge on any atom is 0.242 e. The van der Waals surface area contributed by atoms with E-state index in [0.717, 1.165) is 21.3 Å². The standard InChI is InChI=1S/C17H13BrN2O3S2/c18-12-6-14-13(22-9-23-14)4-11(12)5-15-16(21)20(17(24)25-15)8-10-2-1-3-19-7-10/h1-4,6-7,15H,5,8-9H2/t15-/m0/s1. The fourth-order valence-electron chi connectivity index (χ4n) is 2.76. The average Bonchev–Trinajstić information content (AvgIpc) is 3.16. The summed E-state index contributed by atoms with van der Waals surface area (Å²) in [5.74, 6) is 1.46. The number of ether oxygens (including phenoxy) is 2. The van der Waals surface area contributed by atoms with Gasteiger partial charge in [0.05, 0.1) is 11.8 Å². The van der Waals surface area contributed by atoms with E-state index in [2.05, 4.69) is 20.9 Å². The highest BCUT2D eigenvalue weighted by molar-refractivity contribution is 9.10. The maximum atomic E-state index is 12.8. The molecule has 3 heterocycles. The third kappa shape index (κ3) is 3.38. The Labute approximate surface area is 162 Å². The second kappa shape index (κ2) is 6.93. The number of fused-ring (bicyclic) bond motifs is 1. The smallest absolute Gasteiger partial charge is 0.242 e. The van der Waals surface area contributed by atoms with Crippen LogP contribution in [0, 0.1) is 0 Å². The Morgan fingerprint density at radius 1 is 1.36 bits per heavy atom. The molecular weight excluding hydrogens is 424 g/mol. The Morgan fingerprint density at radius 2 is 2.16 bits per heavy atom. The van der Waals surface area contributed by atoms with Crippen LogP contribution < -0.4 is 9.47 Å². The van der Waals surface area contributed by atoms with Crippen molar-refractivity contribution in [3.05, 3.63) is 52.3 Å². The number of benzene rings is 1. The predicted molar refractivity (Wildman–Crippen MR) is 103 cm³/mol. The first kappa shape index (κ1) is 16.8. The number of thiocarbonyl (C=S) groups is 1. The summed E-state index contributed by atoms with van der Waals surface area (Å²) in [4.78, 5) is 18.5.